The second kappa shape index (κ2) is 15.4. The zero-order valence-electron chi connectivity index (χ0n) is 35.0. The fourth-order valence-electron chi connectivity index (χ4n) is 9.75. The van der Waals surface area contributed by atoms with Crippen LogP contribution in [0.2, 0.25) is 0 Å². The van der Waals surface area contributed by atoms with Crippen molar-refractivity contribution in [2.24, 2.45) is 0 Å². The van der Waals surface area contributed by atoms with Crippen LogP contribution in [0.1, 0.15) is 25.0 Å². The maximum Gasteiger partial charge on any atom is 0.0462 e. The first-order chi connectivity index (χ1) is 30.5. The molecule has 0 heterocycles. The Bertz CT molecular complexity index is 3210. The molecule has 1 heteroatoms. The molecule has 0 atom stereocenters. The van der Waals surface area contributed by atoms with Crippen molar-refractivity contribution in [3.8, 4) is 66.8 Å². The molecule has 10 aromatic carbocycles. The summed E-state index contributed by atoms with van der Waals surface area (Å²) in [6.07, 6.45) is 0. The molecule has 294 valence electrons. The van der Waals surface area contributed by atoms with Crippen LogP contribution in [-0.2, 0) is 5.41 Å². The van der Waals surface area contributed by atoms with Crippen molar-refractivity contribution in [2.75, 3.05) is 4.90 Å². The number of anilines is 3. The Labute approximate surface area is 364 Å². The third-order valence-corrected chi connectivity index (χ3v) is 12.9. The van der Waals surface area contributed by atoms with Crippen molar-refractivity contribution in [1.82, 2.24) is 0 Å². The predicted molar refractivity (Wildman–Crippen MR) is 263 cm³/mol. The molecule has 0 amide bonds. The van der Waals surface area contributed by atoms with Crippen LogP contribution in [0.5, 0.6) is 0 Å². The molecule has 0 N–H and O–H groups in total. The molecular weight excluding hydrogens is 747 g/mol. The van der Waals surface area contributed by atoms with Gasteiger partial charge in [0.05, 0.1) is 0 Å². The summed E-state index contributed by atoms with van der Waals surface area (Å²) in [4.78, 5) is 2.36. The average Bonchev–Trinajstić information content (AvgIpc) is 3.58. The average molecular weight is 792 g/mol. The summed E-state index contributed by atoms with van der Waals surface area (Å²) in [6, 6.07) is 86.5. The second-order valence-electron chi connectivity index (χ2n) is 16.9. The molecule has 0 fully saturated rings. The molecule has 10 aromatic rings. The van der Waals surface area contributed by atoms with Gasteiger partial charge in [-0.25, -0.2) is 0 Å². The van der Waals surface area contributed by atoms with E-state index in [2.05, 4.69) is 255 Å². The van der Waals surface area contributed by atoms with Gasteiger partial charge in [0.1, 0.15) is 0 Å². The highest BCUT2D eigenvalue weighted by Crippen LogP contribution is 2.53. The number of benzene rings is 10. The first-order valence-electron chi connectivity index (χ1n) is 21.6. The fourth-order valence-corrected chi connectivity index (χ4v) is 9.75. The van der Waals surface area contributed by atoms with Gasteiger partial charge in [0, 0.05) is 22.5 Å². The third kappa shape index (κ3) is 6.51. The lowest BCUT2D eigenvalue weighted by molar-refractivity contribution is 0.660. The summed E-state index contributed by atoms with van der Waals surface area (Å²) < 4.78 is 0. The molecule has 11 rings (SSSR count). The van der Waals surface area contributed by atoms with E-state index in [9.17, 15) is 0 Å². The van der Waals surface area contributed by atoms with Crippen LogP contribution >= 0.6 is 0 Å². The van der Waals surface area contributed by atoms with Crippen LogP contribution in [0.15, 0.2) is 237 Å². The number of nitrogens with zero attached hydrogens (tertiary/aromatic N) is 1. The minimum absolute atomic E-state index is 0.0623. The van der Waals surface area contributed by atoms with E-state index in [1.165, 1.54) is 88.7 Å². The zero-order valence-corrected chi connectivity index (χ0v) is 35.0. The van der Waals surface area contributed by atoms with Crippen LogP contribution in [0, 0.1) is 0 Å². The van der Waals surface area contributed by atoms with Crippen LogP contribution in [-0.4, -0.2) is 0 Å². The Balaban J connectivity index is 0.989. The molecule has 0 unspecified atom stereocenters. The van der Waals surface area contributed by atoms with E-state index < -0.39 is 0 Å². The van der Waals surface area contributed by atoms with Crippen LogP contribution in [0.4, 0.5) is 17.1 Å². The molecule has 62 heavy (non-hydrogen) atoms. The maximum absolute atomic E-state index is 2.39. The van der Waals surface area contributed by atoms with Gasteiger partial charge < -0.3 is 4.90 Å². The lowest BCUT2D eigenvalue weighted by Gasteiger charge is -2.26. The topological polar surface area (TPSA) is 3.24 Å². The Morgan fingerprint density at radius 1 is 0.290 bits per heavy atom. The Kier molecular flexibility index (Phi) is 9.24. The van der Waals surface area contributed by atoms with Crippen LogP contribution in [0.3, 0.4) is 0 Å². The van der Waals surface area contributed by atoms with Crippen molar-refractivity contribution in [3.63, 3.8) is 0 Å². The molecule has 0 radical (unpaired) electrons. The maximum atomic E-state index is 2.39. The molecule has 1 nitrogen and oxygen atoms in total. The van der Waals surface area contributed by atoms with Crippen molar-refractivity contribution in [1.29, 1.82) is 0 Å². The van der Waals surface area contributed by atoms with Gasteiger partial charge in [-0.15, -0.1) is 0 Å². The summed E-state index contributed by atoms with van der Waals surface area (Å²) in [7, 11) is 0. The quantitative estimate of drug-likeness (QED) is 0.148. The summed E-state index contributed by atoms with van der Waals surface area (Å²) in [5, 5.41) is 2.51. The molecule has 0 spiro atoms. The number of rotatable bonds is 8. The highest BCUT2D eigenvalue weighted by Gasteiger charge is 2.36. The van der Waals surface area contributed by atoms with Gasteiger partial charge >= 0.3 is 0 Å². The fraction of sp³-hybridized carbons (Fsp3) is 0.0492. The van der Waals surface area contributed by atoms with Crippen molar-refractivity contribution in [3.05, 3.63) is 248 Å². The van der Waals surface area contributed by atoms with E-state index in [4.69, 9.17) is 0 Å². The molecular formula is C61H45N. The highest BCUT2D eigenvalue weighted by atomic mass is 15.1. The summed E-state index contributed by atoms with van der Waals surface area (Å²) in [5.74, 6) is 0. The summed E-state index contributed by atoms with van der Waals surface area (Å²) in [6.45, 7) is 4.71. The Morgan fingerprint density at radius 2 is 0.742 bits per heavy atom. The number of hydrogen-bond acceptors (Lipinski definition) is 1. The number of hydrogen-bond donors (Lipinski definition) is 0. The molecule has 0 bridgehead atoms. The first kappa shape index (κ1) is 37.3. The molecule has 1 aliphatic carbocycles. The van der Waals surface area contributed by atoms with Crippen molar-refractivity contribution < 1.29 is 0 Å². The monoisotopic (exact) mass is 791 g/mol. The second-order valence-corrected chi connectivity index (χ2v) is 16.9. The largest absolute Gasteiger partial charge is 0.311 e. The lowest BCUT2D eigenvalue weighted by Crippen LogP contribution is -2.14. The molecule has 0 saturated carbocycles. The number of fused-ring (bicyclic) bond motifs is 4. The van der Waals surface area contributed by atoms with E-state index in [1.807, 2.05) is 0 Å². The standard InChI is InChI=1S/C61H45N/c1-61(2)58-25-12-11-22-56(58)60-55(24-14-26-59(60)61)54-40-33-48(41-57(54)46-17-7-4-8-18-46)44-29-36-50(37-30-44)62(49-34-27-43(28-35-49)42-15-5-3-6-16-42)51-38-31-47(32-39-51)53-23-13-20-45-19-9-10-21-52(45)53/h3-41H,1-2H3. The molecule has 0 saturated heterocycles. The predicted octanol–water partition coefficient (Wildman–Crippen LogP) is 17.0. The normalized spacial score (nSPS) is 12.5. The minimum atomic E-state index is -0.0623. The van der Waals surface area contributed by atoms with E-state index in [0.717, 1.165) is 17.1 Å². The minimum Gasteiger partial charge on any atom is -0.311 e. The summed E-state index contributed by atoms with van der Waals surface area (Å²) >= 11 is 0. The van der Waals surface area contributed by atoms with Crippen LogP contribution < -0.4 is 4.90 Å². The lowest BCUT2D eigenvalue weighted by atomic mass is 9.81. The smallest absolute Gasteiger partial charge is 0.0462 e. The van der Waals surface area contributed by atoms with E-state index in [0.29, 0.717) is 0 Å². The zero-order chi connectivity index (χ0) is 41.6. The van der Waals surface area contributed by atoms with Gasteiger partial charge in [-0.05, 0) is 131 Å². The van der Waals surface area contributed by atoms with Gasteiger partial charge in [-0.1, -0.05) is 208 Å². The van der Waals surface area contributed by atoms with E-state index >= 15 is 0 Å². The Morgan fingerprint density at radius 3 is 1.44 bits per heavy atom. The first-order valence-corrected chi connectivity index (χ1v) is 21.6. The van der Waals surface area contributed by atoms with E-state index in [-0.39, 0.29) is 5.41 Å². The SMILES string of the molecule is CC1(C)c2ccccc2-c2c(-c3ccc(-c4ccc(N(c5ccc(-c6ccccc6)cc5)c5ccc(-c6cccc7ccccc67)cc5)cc4)cc3-c3ccccc3)cccc21. The summed E-state index contributed by atoms with van der Waals surface area (Å²) in [5.41, 5.74) is 20.9. The third-order valence-electron chi connectivity index (χ3n) is 12.9. The van der Waals surface area contributed by atoms with Gasteiger partial charge in [-0.3, -0.25) is 0 Å². The molecule has 0 aromatic heterocycles. The highest BCUT2D eigenvalue weighted by molar-refractivity contribution is 5.99. The molecule has 0 aliphatic heterocycles. The van der Waals surface area contributed by atoms with Gasteiger partial charge in [0.25, 0.3) is 0 Å². The van der Waals surface area contributed by atoms with Crippen molar-refractivity contribution in [2.45, 2.75) is 19.3 Å². The van der Waals surface area contributed by atoms with Gasteiger partial charge in [0.2, 0.25) is 0 Å². The Hall–Kier alpha value is -7.74. The van der Waals surface area contributed by atoms with Gasteiger partial charge in [-0.2, -0.15) is 0 Å². The van der Waals surface area contributed by atoms with E-state index in [1.54, 1.807) is 0 Å². The van der Waals surface area contributed by atoms with Crippen molar-refractivity contribution >= 4 is 27.8 Å². The van der Waals surface area contributed by atoms with Gasteiger partial charge in [0.15, 0.2) is 0 Å². The van der Waals surface area contributed by atoms with Crippen LogP contribution in [0.25, 0.3) is 77.5 Å². The molecule has 1 aliphatic rings.